The monoisotopic (exact) mass is 776 g/mol. The third-order valence-electron chi connectivity index (χ3n) is 12.0. The van der Waals surface area contributed by atoms with Gasteiger partial charge in [-0.2, -0.15) is 18.4 Å². The van der Waals surface area contributed by atoms with Crippen LogP contribution in [-0.2, 0) is 6.18 Å². The standard InChI is InChI=1S/C52H39F3N4/c1-28-9-15-44-37(21-28)38-22-29(2)10-16-45(38)58(44)48-19-13-35(50-33(6)32(5)43(27-56)34(7)51(50)52(53,54)55)25-41(48)42-26-36(57-8)14-20-49(42)59-46-17-11-30(3)23-39(46)40-24-31(4)12-18-47(40)59/h9-26H,1-7H3. The van der Waals surface area contributed by atoms with Crippen LogP contribution in [0.5, 0.6) is 0 Å². The highest BCUT2D eigenvalue weighted by atomic mass is 19.4. The van der Waals surface area contributed by atoms with Crippen LogP contribution in [0.15, 0.2) is 109 Å². The number of hydrogen-bond donors (Lipinski definition) is 0. The van der Waals surface area contributed by atoms with E-state index < -0.39 is 11.7 Å². The molecule has 0 N–H and O–H groups in total. The first-order valence-electron chi connectivity index (χ1n) is 19.5. The minimum atomic E-state index is -4.74. The molecule has 0 aliphatic heterocycles. The van der Waals surface area contributed by atoms with Crippen molar-refractivity contribution < 1.29 is 13.2 Å². The summed E-state index contributed by atoms with van der Waals surface area (Å²) in [5.41, 5.74) is 12.0. The van der Waals surface area contributed by atoms with Gasteiger partial charge in [0.2, 0.25) is 0 Å². The Balaban J connectivity index is 1.47. The molecule has 4 nitrogen and oxygen atoms in total. The molecule has 0 saturated carbocycles. The molecule has 0 radical (unpaired) electrons. The van der Waals surface area contributed by atoms with Gasteiger partial charge in [-0.05, 0) is 155 Å². The summed E-state index contributed by atoms with van der Waals surface area (Å²) >= 11 is 0. The average molecular weight is 777 g/mol. The molecule has 0 saturated heterocycles. The van der Waals surface area contributed by atoms with Gasteiger partial charge >= 0.3 is 6.18 Å². The summed E-state index contributed by atoms with van der Waals surface area (Å²) in [5.74, 6) is 0. The number of alkyl halides is 3. The molecule has 0 aliphatic rings. The Morgan fingerprint density at radius 2 is 0.949 bits per heavy atom. The summed E-state index contributed by atoms with van der Waals surface area (Å²) in [5, 5.41) is 14.3. The lowest BCUT2D eigenvalue weighted by Crippen LogP contribution is -2.14. The molecule has 0 bridgehead atoms. The number of fused-ring (bicyclic) bond motifs is 6. The number of halogens is 3. The molecule has 0 aliphatic carbocycles. The van der Waals surface area contributed by atoms with E-state index in [0.29, 0.717) is 33.5 Å². The number of aromatic nitrogens is 2. The maximum Gasteiger partial charge on any atom is 0.417 e. The van der Waals surface area contributed by atoms with Crippen molar-refractivity contribution in [3.63, 3.8) is 0 Å². The Morgan fingerprint density at radius 3 is 1.36 bits per heavy atom. The maximum atomic E-state index is 15.3. The van der Waals surface area contributed by atoms with Gasteiger partial charge < -0.3 is 9.13 Å². The molecule has 0 spiro atoms. The van der Waals surface area contributed by atoms with E-state index in [1.165, 1.54) is 6.92 Å². The zero-order valence-corrected chi connectivity index (χ0v) is 33.8. The van der Waals surface area contributed by atoms with Crippen LogP contribution in [0.4, 0.5) is 18.9 Å². The summed E-state index contributed by atoms with van der Waals surface area (Å²) in [7, 11) is 0. The Bertz CT molecular complexity index is 3240. The highest BCUT2D eigenvalue weighted by Crippen LogP contribution is 2.48. The molecule has 7 aromatic carbocycles. The van der Waals surface area contributed by atoms with Crippen molar-refractivity contribution in [3.05, 3.63) is 171 Å². The third kappa shape index (κ3) is 5.80. The molecule has 2 heterocycles. The lowest BCUT2D eigenvalue weighted by molar-refractivity contribution is -0.137. The number of hydrogen-bond acceptors (Lipinski definition) is 1. The SMILES string of the molecule is [C-]#[N+]c1ccc(-n2c3ccc(C)cc3c3cc(C)ccc32)c(-c2cc(-c3c(C)c(C)c(C#N)c(C)c3C(F)(F)F)ccc2-n2c3ccc(C)cc3c3cc(C)ccc32)c1. The van der Waals surface area contributed by atoms with Crippen molar-refractivity contribution in [2.75, 3.05) is 0 Å². The van der Waals surface area contributed by atoms with Crippen molar-refractivity contribution in [2.24, 2.45) is 0 Å². The zero-order valence-electron chi connectivity index (χ0n) is 33.8. The van der Waals surface area contributed by atoms with Crippen molar-refractivity contribution in [1.82, 2.24) is 9.13 Å². The van der Waals surface area contributed by atoms with Gasteiger partial charge in [0, 0.05) is 27.1 Å². The van der Waals surface area contributed by atoms with Gasteiger partial charge in [0.1, 0.15) is 0 Å². The topological polar surface area (TPSA) is 38.0 Å². The number of rotatable bonds is 4. The highest BCUT2D eigenvalue weighted by Gasteiger charge is 2.38. The second kappa shape index (κ2) is 13.5. The van der Waals surface area contributed by atoms with Crippen molar-refractivity contribution in [1.29, 1.82) is 5.26 Å². The molecular formula is C52H39F3N4. The van der Waals surface area contributed by atoms with Crippen LogP contribution in [-0.4, -0.2) is 9.13 Å². The molecule has 59 heavy (non-hydrogen) atoms. The molecular weight excluding hydrogens is 738 g/mol. The predicted octanol–water partition coefficient (Wildman–Crippen LogP) is 14.8. The normalized spacial score (nSPS) is 11.9. The summed E-state index contributed by atoms with van der Waals surface area (Å²) in [6.07, 6.45) is -4.74. The number of aryl methyl sites for hydroxylation is 4. The van der Waals surface area contributed by atoms with E-state index in [9.17, 15) is 5.26 Å². The maximum absolute atomic E-state index is 15.3. The minimum absolute atomic E-state index is 0.0372. The van der Waals surface area contributed by atoms with Crippen LogP contribution >= 0.6 is 0 Å². The van der Waals surface area contributed by atoms with Crippen LogP contribution in [0.1, 0.15) is 50.1 Å². The summed E-state index contributed by atoms with van der Waals surface area (Å²) in [6.45, 7) is 21.2. The summed E-state index contributed by atoms with van der Waals surface area (Å²) in [4.78, 5) is 3.88. The Kier molecular flexibility index (Phi) is 8.58. The van der Waals surface area contributed by atoms with Gasteiger partial charge in [-0.1, -0.05) is 58.7 Å². The van der Waals surface area contributed by atoms with Gasteiger partial charge in [-0.15, -0.1) is 0 Å². The second-order valence-corrected chi connectivity index (χ2v) is 15.9. The molecule has 0 unspecified atom stereocenters. The Morgan fingerprint density at radius 1 is 0.525 bits per heavy atom. The Hall–Kier alpha value is -7.09. The van der Waals surface area contributed by atoms with Crippen molar-refractivity contribution in [3.8, 4) is 39.7 Å². The fourth-order valence-corrected chi connectivity index (χ4v) is 9.17. The highest BCUT2D eigenvalue weighted by molar-refractivity contribution is 6.12. The second-order valence-electron chi connectivity index (χ2n) is 15.9. The zero-order chi connectivity index (χ0) is 41.7. The molecule has 0 amide bonds. The van der Waals surface area contributed by atoms with Crippen molar-refractivity contribution >= 4 is 49.3 Å². The molecule has 7 heteroatoms. The van der Waals surface area contributed by atoms with E-state index >= 15 is 13.2 Å². The minimum Gasteiger partial charge on any atom is -0.309 e. The number of nitrogens with zero attached hydrogens (tertiary/aromatic N) is 4. The first-order valence-corrected chi connectivity index (χ1v) is 19.5. The first-order chi connectivity index (χ1) is 28.2. The summed E-state index contributed by atoms with van der Waals surface area (Å²) in [6, 6.07) is 38.7. The predicted molar refractivity (Wildman–Crippen MR) is 235 cm³/mol. The first kappa shape index (κ1) is 37.5. The van der Waals surface area contributed by atoms with Crippen LogP contribution in [0, 0.1) is 66.4 Å². The average Bonchev–Trinajstić information content (AvgIpc) is 3.69. The van der Waals surface area contributed by atoms with Crippen LogP contribution in [0.3, 0.4) is 0 Å². The molecule has 0 fully saturated rings. The Labute approximate surface area is 340 Å². The smallest absolute Gasteiger partial charge is 0.309 e. The van der Waals surface area contributed by atoms with Gasteiger partial charge in [0.15, 0.2) is 5.69 Å². The number of benzene rings is 7. The van der Waals surface area contributed by atoms with Gasteiger partial charge in [-0.25, -0.2) is 4.85 Å². The van der Waals surface area contributed by atoms with Gasteiger partial charge in [0.05, 0.1) is 57.2 Å². The lowest BCUT2D eigenvalue weighted by atomic mass is 9.84. The quantitative estimate of drug-likeness (QED) is 0.164. The van der Waals surface area contributed by atoms with Crippen LogP contribution in [0.25, 0.3) is 82.1 Å². The van der Waals surface area contributed by atoms with E-state index in [0.717, 1.165) is 77.2 Å². The van der Waals surface area contributed by atoms with Gasteiger partial charge in [-0.3, -0.25) is 0 Å². The van der Waals surface area contributed by atoms with Crippen molar-refractivity contribution in [2.45, 2.75) is 54.6 Å². The third-order valence-corrected chi connectivity index (χ3v) is 12.0. The molecule has 9 rings (SSSR count). The molecule has 0 atom stereocenters. The summed E-state index contributed by atoms with van der Waals surface area (Å²) < 4.78 is 50.4. The number of nitriles is 1. The largest absolute Gasteiger partial charge is 0.417 e. The van der Waals surface area contributed by atoms with Gasteiger partial charge in [0.25, 0.3) is 0 Å². The fraction of sp³-hybridized carbons (Fsp3) is 0.154. The van der Waals surface area contributed by atoms with Crippen LogP contribution < -0.4 is 0 Å². The van der Waals surface area contributed by atoms with E-state index in [4.69, 9.17) is 6.57 Å². The van der Waals surface area contributed by atoms with E-state index in [1.54, 1.807) is 26.0 Å². The van der Waals surface area contributed by atoms with Crippen LogP contribution in [0.2, 0.25) is 0 Å². The molecule has 9 aromatic rings. The molecule has 2 aromatic heterocycles. The van der Waals surface area contributed by atoms with E-state index in [2.05, 4.69) is 114 Å². The van der Waals surface area contributed by atoms with E-state index in [-0.39, 0.29) is 16.7 Å². The van der Waals surface area contributed by atoms with E-state index in [1.807, 2.05) is 30.3 Å². The molecule has 288 valence electrons. The fourth-order valence-electron chi connectivity index (χ4n) is 9.17. The lowest BCUT2D eigenvalue weighted by Gasteiger charge is -2.24.